The van der Waals surface area contributed by atoms with Gasteiger partial charge in [0.15, 0.2) is 6.10 Å². The van der Waals surface area contributed by atoms with Crippen LogP contribution in [-0.4, -0.2) is 30.4 Å². The van der Waals surface area contributed by atoms with E-state index in [1.54, 1.807) is 49.4 Å². The van der Waals surface area contributed by atoms with Crippen LogP contribution in [0, 0.1) is 0 Å². The molecule has 0 spiro atoms. The number of hydrogen-bond donors (Lipinski definition) is 3. The summed E-state index contributed by atoms with van der Waals surface area (Å²) in [5, 5.41) is 5.55. The Hall–Kier alpha value is -3.06. The second-order valence-electron chi connectivity index (χ2n) is 5.44. The molecule has 0 saturated carbocycles. The van der Waals surface area contributed by atoms with E-state index >= 15 is 0 Å². The number of carbonyl (C=O) groups excluding carboxylic acids is 3. The van der Waals surface area contributed by atoms with Crippen LogP contribution >= 0.6 is 11.6 Å². The smallest absolute Gasteiger partial charge is 0.265 e. The zero-order valence-corrected chi connectivity index (χ0v) is 14.7. The molecule has 3 amide bonds. The number of ether oxygens (including phenoxy) is 1. The van der Waals surface area contributed by atoms with Crippen LogP contribution in [0.2, 0.25) is 5.02 Å². The van der Waals surface area contributed by atoms with Crippen molar-refractivity contribution in [2.75, 3.05) is 11.9 Å². The number of anilines is 1. The Balaban J connectivity index is 1.98. The first-order valence-electron chi connectivity index (χ1n) is 7.75. The van der Waals surface area contributed by atoms with Gasteiger partial charge in [-0.3, -0.25) is 14.4 Å². The maximum atomic E-state index is 12.3. The van der Waals surface area contributed by atoms with E-state index in [1.165, 1.54) is 6.07 Å². The van der Waals surface area contributed by atoms with Gasteiger partial charge in [-0.25, -0.2) is 0 Å². The Labute approximate surface area is 155 Å². The summed E-state index contributed by atoms with van der Waals surface area (Å²) in [7, 11) is 0. The molecule has 0 aromatic heterocycles. The van der Waals surface area contributed by atoms with Crippen molar-refractivity contribution in [2.24, 2.45) is 5.73 Å². The summed E-state index contributed by atoms with van der Waals surface area (Å²) < 4.78 is 5.54. The number of halogens is 1. The van der Waals surface area contributed by atoms with Crippen LogP contribution in [0.15, 0.2) is 48.5 Å². The molecule has 0 saturated heterocycles. The second-order valence-corrected chi connectivity index (χ2v) is 5.87. The van der Waals surface area contributed by atoms with Crippen molar-refractivity contribution in [1.82, 2.24) is 5.32 Å². The number of rotatable bonds is 7. The molecule has 0 fully saturated rings. The fourth-order valence-electron chi connectivity index (χ4n) is 2.05. The summed E-state index contributed by atoms with van der Waals surface area (Å²) in [5.41, 5.74) is 5.69. The van der Waals surface area contributed by atoms with E-state index < -0.39 is 17.9 Å². The van der Waals surface area contributed by atoms with E-state index in [4.69, 9.17) is 22.1 Å². The van der Waals surface area contributed by atoms with Gasteiger partial charge in [0.1, 0.15) is 5.75 Å². The van der Waals surface area contributed by atoms with Gasteiger partial charge in [0, 0.05) is 16.3 Å². The van der Waals surface area contributed by atoms with Gasteiger partial charge < -0.3 is 21.1 Å². The van der Waals surface area contributed by atoms with Gasteiger partial charge in [-0.1, -0.05) is 23.7 Å². The molecule has 4 N–H and O–H groups in total. The predicted octanol–water partition coefficient (Wildman–Crippen LogP) is 1.96. The monoisotopic (exact) mass is 375 g/mol. The largest absolute Gasteiger partial charge is 0.481 e. The summed E-state index contributed by atoms with van der Waals surface area (Å²) in [6.45, 7) is 1.33. The highest BCUT2D eigenvalue weighted by Crippen LogP contribution is 2.19. The Morgan fingerprint density at radius 3 is 2.58 bits per heavy atom. The summed E-state index contributed by atoms with van der Waals surface area (Å²) >= 11 is 5.88. The Kier molecular flexibility index (Phi) is 6.57. The third-order valence-electron chi connectivity index (χ3n) is 3.29. The van der Waals surface area contributed by atoms with Crippen LogP contribution in [-0.2, 0) is 9.59 Å². The lowest BCUT2D eigenvalue weighted by atomic mass is 10.2. The lowest BCUT2D eigenvalue weighted by molar-refractivity contribution is -0.122. The minimum absolute atomic E-state index is 0.264. The third kappa shape index (κ3) is 5.78. The van der Waals surface area contributed by atoms with Crippen LogP contribution in [0.1, 0.15) is 17.3 Å². The summed E-state index contributed by atoms with van der Waals surface area (Å²) in [6, 6.07) is 13.0. The van der Waals surface area contributed by atoms with Gasteiger partial charge in [0.25, 0.3) is 11.8 Å². The van der Waals surface area contributed by atoms with Crippen molar-refractivity contribution >= 4 is 35.0 Å². The van der Waals surface area contributed by atoms with E-state index in [0.717, 1.165) is 0 Å². The highest BCUT2D eigenvalue weighted by Gasteiger charge is 2.16. The number of nitrogens with two attached hydrogens (primary N) is 1. The maximum absolute atomic E-state index is 12.3. The predicted molar refractivity (Wildman–Crippen MR) is 98.1 cm³/mol. The molecule has 1 atom stereocenters. The molecule has 0 bridgehead atoms. The summed E-state index contributed by atoms with van der Waals surface area (Å²) in [5.74, 6) is -1.03. The summed E-state index contributed by atoms with van der Waals surface area (Å²) in [4.78, 5) is 34.9. The molecule has 8 heteroatoms. The molecular weight excluding hydrogens is 358 g/mol. The van der Waals surface area contributed by atoms with Gasteiger partial charge in [0.2, 0.25) is 5.91 Å². The fourth-order valence-corrected chi connectivity index (χ4v) is 2.23. The van der Waals surface area contributed by atoms with E-state index in [-0.39, 0.29) is 18.0 Å². The molecule has 2 rings (SSSR count). The van der Waals surface area contributed by atoms with Gasteiger partial charge in [0.05, 0.1) is 6.54 Å². The second kappa shape index (κ2) is 8.87. The molecule has 1 unspecified atom stereocenters. The average Bonchev–Trinajstić information content (AvgIpc) is 2.59. The number of carbonyl (C=O) groups is 3. The Morgan fingerprint density at radius 2 is 1.88 bits per heavy atom. The topological polar surface area (TPSA) is 111 Å². The Morgan fingerprint density at radius 1 is 1.15 bits per heavy atom. The molecule has 0 heterocycles. The fraction of sp³-hybridized carbons (Fsp3) is 0.167. The molecule has 0 aliphatic carbocycles. The lowest BCUT2D eigenvalue weighted by Crippen LogP contribution is -2.33. The first-order chi connectivity index (χ1) is 12.3. The normalized spacial score (nSPS) is 11.3. The van der Waals surface area contributed by atoms with Crippen molar-refractivity contribution in [3.63, 3.8) is 0 Å². The number of primary amides is 1. The molecule has 2 aromatic rings. The molecule has 7 nitrogen and oxygen atoms in total. The van der Waals surface area contributed by atoms with Crippen LogP contribution in [0.25, 0.3) is 0 Å². The number of benzene rings is 2. The van der Waals surface area contributed by atoms with Crippen molar-refractivity contribution < 1.29 is 19.1 Å². The third-order valence-corrected chi connectivity index (χ3v) is 3.53. The van der Waals surface area contributed by atoms with Crippen molar-refractivity contribution in [3.8, 4) is 5.75 Å². The minimum atomic E-state index is -0.777. The van der Waals surface area contributed by atoms with Gasteiger partial charge in [-0.2, -0.15) is 0 Å². The number of amides is 3. The highest BCUT2D eigenvalue weighted by atomic mass is 35.5. The molecular formula is C18H18ClN3O4. The van der Waals surface area contributed by atoms with Crippen molar-refractivity contribution in [1.29, 1.82) is 0 Å². The molecule has 2 aromatic carbocycles. The van der Waals surface area contributed by atoms with Gasteiger partial charge in [-0.05, 0) is 43.3 Å². The first kappa shape index (κ1) is 19.3. The van der Waals surface area contributed by atoms with E-state index in [2.05, 4.69) is 10.6 Å². The average molecular weight is 376 g/mol. The van der Waals surface area contributed by atoms with E-state index in [0.29, 0.717) is 16.5 Å². The van der Waals surface area contributed by atoms with Crippen LogP contribution < -0.4 is 21.1 Å². The molecule has 0 aliphatic heterocycles. The van der Waals surface area contributed by atoms with Gasteiger partial charge in [-0.15, -0.1) is 0 Å². The lowest BCUT2D eigenvalue weighted by Gasteiger charge is -2.15. The number of hydrogen-bond acceptors (Lipinski definition) is 4. The zero-order valence-electron chi connectivity index (χ0n) is 14.0. The standard InChI is InChI=1S/C18H18ClN3O4/c1-11(26-15-7-3-5-13(19)9-15)17(24)22-14-6-2-4-12(8-14)18(25)21-10-16(20)23/h2-9,11H,10H2,1H3,(H2,20,23)(H,21,25)(H,22,24). The SMILES string of the molecule is CC(Oc1cccc(Cl)c1)C(=O)Nc1cccc(C(=O)NCC(N)=O)c1. The van der Waals surface area contributed by atoms with Crippen LogP contribution in [0.4, 0.5) is 5.69 Å². The maximum Gasteiger partial charge on any atom is 0.265 e. The quantitative estimate of drug-likeness (QED) is 0.686. The minimum Gasteiger partial charge on any atom is -0.481 e. The Bertz CT molecular complexity index is 826. The molecule has 136 valence electrons. The van der Waals surface area contributed by atoms with E-state index in [1.807, 2.05) is 0 Å². The summed E-state index contributed by atoms with van der Waals surface area (Å²) in [6.07, 6.45) is -0.777. The number of nitrogens with one attached hydrogen (secondary N) is 2. The van der Waals surface area contributed by atoms with Crippen molar-refractivity contribution in [3.05, 3.63) is 59.1 Å². The van der Waals surface area contributed by atoms with Crippen LogP contribution in [0.5, 0.6) is 5.75 Å². The first-order valence-corrected chi connectivity index (χ1v) is 8.12. The molecule has 0 radical (unpaired) electrons. The van der Waals surface area contributed by atoms with Crippen molar-refractivity contribution in [2.45, 2.75) is 13.0 Å². The van der Waals surface area contributed by atoms with Gasteiger partial charge >= 0.3 is 0 Å². The van der Waals surface area contributed by atoms with Crippen LogP contribution in [0.3, 0.4) is 0 Å². The highest BCUT2D eigenvalue weighted by molar-refractivity contribution is 6.30. The molecule has 26 heavy (non-hydrogen) atoms. The zero-order chi connectivity index (χ0) is 19.1. The van der Waals surface area contributed by atoms with E-state index in [9.17, 15) is 14.4 Å². The molecule has 0 aliphatic rings.